The molecule has 0 bridgehead atoms. The molecule has 2 amide bonds. The summed E-state index contributed by atoms with van der Waals surface area (Å²) in [5.74, 6) is 0.294. The van der Waals surface area contributed by atoms with Crippen molar-refractivity contribution in [2.24, 2.45) is 0 Å². The van der Waals surface area contributed by atoms with E-state index >= 15 is 0 Å². The van der Waals surface area contributed by atoms with Crippen molar-refractivity contribution in [2.75, 3.05) is 23.1 Å². The van der Waals surface area contributed by atoms with Crippen molar-refractivity contribution in [3.63, 3.8) is 0 Å². The van der Waals surface area contributed by atoms with E-state index in [0.717, 1.165) is 17.0 Å². The van der Waals surface area contributed by atoms with E-state index in [9.17, 15) is 9.59 Å². The number of anilines is 3. The molecule has 0 spiro atoms. The van der Waals surface area contributed by atoms with Gasteiger partial charge in [0.25, 0.3) is 5.91 Å². The molecule has 7 heteroatoms. The molecule has 7 nitrogen and oxygen atoms in total. The fourth-order valence-corrected chi connectivity index (χ4v) is 2.69. The Morgan fingerprint density at radius 2 is 1.66 bits per heavy atom. The second-order valence-electron chi connectivity index (χ2n) is 6.35. The Kier molecular flexibility index (Phi) is 6.42. The predicted molar refractivity (Wildman–Crippen MR) is 113 cm³/mol. The van der Waals surface area contributed by atoms with Crippen LogP contribution in [0.1, 0.15) is 23.0 Å². The third-order valence-electron chi connectivity index (χ3n) is 4.09. The van der Waals surface area contributed by atoms with Crippen LogP contribution in [0.4, 0.5) is 17.1 Å². The van der Waals surface area contributed by atoms with Crippen LogP contribution in [0.25, 0.3) is 0 Å². The highest BCUT2D eigenvalue weighted by atomic mass is 16.5. The number of nitrogens with one attached hydrogen (secondary N) is 3. The molecular formula is C22H22N4O3. The van der Waals surface area contributed by atoms with E-state index in [1.807, 2.05) is 24.3 Å². The number of ether oxygens (including phenoxy) is 1. The maximum Gasteiger partial charge on any atom is 0.274 e. The minimum atomic E-state index is -0.335. The predicted octanol–water partition coefficient (Wildman–Crippen LogP) is 3.91. The van der Waals surface area contributed by atoms with Gasteiger partial charge >= 0.3 is 0 Å². The van der Waals surface area contributed by atoms with Crippen LogP contribution < -0.4 is 20.7 Å². The Bertz CT molecular complexity index is 1000. The van der Waals surface area contributed by atoms with Crippen LogP contribution in [0.3, 0.4) is 0 Å². The van der Waals surface area contributed by atoms with Crippen molar-refractivity contribution < 1.29 is 14.3 Å². The van der Waals surface area contributed by atoms with E-state index in [0.29, 0.717) is 17.9 Å². The Morgan fingerprint density at radius 1 is 0.931 bits per heavy atom. The van der Waals surface area contributed by atoms with Crippen molar-refractivity contribution >= 4 is 28.9 Å². The number of benzene rings is 2. The zero-order valence-corrected chi connectivity index (χ0v) is 16.2. The summed E-state index contributed by atoms with van der Waals surface area (Å²) in [6.07, 6.45) is 1.58. The van der Waals surface area contributed by atoms with Gasteiger partial charge in [-0.05, 0) is 48.0 Å². The molecule has 0 saturated heterocycles. The lowest BCUT2D eigenvalue weighted by molar-refractivity contribution is -0.114. The third-order valence-corrected chi connectivity index (χ3v) is 4.09. The summed E-state index contributed by atoms with van der Waals surface area (Å²) < 4.78 is 5.16. The largest absolute Gasteiger partial charge is 0.497 e. The molecule has 3 aromatic rings. The van der Waals surface area contributed by atoms with Gasteiger partial charge in [-0.15, -0.1) is 0 Å². The van der Waals surface area contributed by atoms with Gasteiger partial charge in [0.2, 0.25) is 5.91 Å². The number of hydrogen-bond donors (Lipinski definition) is 3. The lowest BCUT2D eigenvalue weighted by Crippen LogP contribution is -2.14. The molecule has 2 aromatic carbocycles. The summed E-state index contributed by atoms with van der Waals surface area (Å²) >= 11 is 0. The molecule has 0 atom stereocenters. The molecule has 1 heterocycles. The second kappa shape index (κ2) is 9.36. The van der Waals surface area contributed by atoms with Crippen molar-refractivity contribution in [3.05, 3.63) is 78.1 Å². The third kappa shape index (κ3) is 5.80. The molecule has 1 aromatic heterocycles. The lowest BCUT2D eigenvalue weighted by Gasteiger charge is -2.10. The first kappa shape index (κ1) is 19.9. The van der Waals surface area contributed by atoms with Crippen molar-refractivity contribution in [1.82, 2.24) is 4.98 Å². The maximum atomic E-state index is 12.5. The van der Waals surface area contributed by atoms with Gasteiger partial charge in [-0.1, -0.05) is 18.2 Å². The van der Waals surface area contributed by atoms with Crippen LogP contribution in [0.15, 0.2) is 66.9 Å². The van der Waals surface area contributed by atoms with Crippen LogP contribution in [-0.4, -0.2) is 23.9 Å². The Labute approximate surface area is 169 Å². The summed E-state index contributed by atoms with van der Waals surface area (Å²) in [6.45, 7) is 2.04. The fourth-order valence-electron chi connectivity index (χ4n) is 2.69. The lowest BCUT2D eigenvalue weighted by atomic mass is 10.2. The number of carbonyl (C=O) groups excluding carboxylic acids is 2. The van der Waals surface area contributed by atoms with Crippen LogP contribution in [0.5, 0.6) is 5.75 Å². The average molecular weight is 390 g/mol. The summed E-state index contributed by atoms with van der Waals surface area (Å²) in [4.78, 5) is 27.9. The molecule has 3 N–H and O–H groups in total. The quantitative estimate of drug-likeness (QED) is 0.569. The number of methoxy groups -OCH3 is 1. The first-order valence-corrected chi connectivity index (χ1v) is 9.05. The van der Waals surface area contributed by atoms with Crippen molar-refractivity contribution in [1.29, 1.82) is 0 Å². The summed E-state index contributed by atoms with van der Waals surface area (Å²) in [5.41, 5.74) is 3.34. The van der Waals surface area contributed by atoms with E-state index in [2.05, 4.69) is 20.9 Å². The Balaban J connectivity index is 1.63. The maximum absolute atomic E-state index is 12.5. The number of rotatable bonds is 7. The van der Waals surface area contributed by atoms with Crippen LogP contribution in [-0.2, 0) is 11.3 Å². The van der Waals surface area contributed by atoms with E-state index in [1.165, 1.54) is 6.92 Å². The summed E-state index contributed by atoms with van der Waals surface area (Å²) in [5, 5.41) is 8.75. The standard InChI is InChI=1S/C22H22N4O3/c1-15(27)25-18-4-3-5-19(12-18)26-22(28)21-13-17(10-11-23-21)24-14-16-6-8-20(29-2)9-7-16/h3-13H,14H2,1-2H3,(H,23,24)(H,25,27)(H,26,28). The highest BCUT2D eigenvalue weighted by Crippen LogP contribution is 2.17. The Hall–Kier alpha value is -3.87. The molecule has 29 heavy (non-hydrogen) atoms. The van der Waals surface area contributed by atoms with Gasteiger partial charge in [-0.2, -0.15) is 0 Å². The molecule has 0 radical (unpaired) electrons. The van der Waals surface area contributed by atoms with Gasteiger partial charge in [0, 0.05) is 36.7 Å². The highest BCUT2D eigenvalue weighted by Gasteiger charge is 2.09. The van der Waals surface area contributed by atoms with E-state index in [1.54, 1.807) is 49.7 Å². The number of pyridine rings is 1. The first-order chi connectivity index (χ1) is 14.0. The van der Waals surface area contributed by atoms with Crippen molar-refractivity contribution in [2.45, 2.75) is 13.5 Å². The van der Waals surface area contributed by atoms with E-state index < -0.39 is 0 Å². The van der Waals surface area contributed by atoms with Crippen LogP contribution >= 0.6 is 0 Å². The smallest absolute Gasteiger partial charge is 0.274 e. The van der Waals surface area contributed by atoms with Crippen molar-refractivity contribution in [3.8, 4) is 5.75 Å². The van der Waals surface area contributed by atoms with Crippen LogP contribution in [0.2, 0.25) is 0 Å². The zero-order chi connectivity index (χ0) is 20.6. The highest BCUT2D eigenvalue weighted by molar-refractivity contribution is 6.03. The minimum absolute atomic E-state index is 0.175. The molecule has 0 unspecified atom stereocenters. The molecule has 0 aliphatic carbocycles. The first-order valence-electron chi connectivity index (χ1n) is 9.05. The number of aromatic nitrogens is 1. The summed E-state index contributed by atoms with van der Waals surface area (Å²) in [6, 6.07) is 18.2. The molecule has 0 fully saturated rings. The van der Waals surface area contributed by atoms with Gasteiger partial charge in [-0.3, -0.25) is 14.6 Å². The average Bonchev–Trinajstić information content (AvgIpc) is 2.72. The van der Waals surface area contributed by atoms with Crippen LogP contribution in [0, 0.1) is 0 Å². The topological polar surface area (TPSA) is 92.3 Å². The molecule has 148 valence electrons. The van der Waals surface area contributed by atoms with E-state index in [4.69, 9.17) is 4.74 Å². The molecule has 0 aliphatic rings. The number of carbonyl (C=O) groups is 2. The van der Waals surface area contributed by atoms with Gasteiger partial charge in [0.1, 0.15) is 11.4 Å². The Morgan fingerprint density at radius 3 is 2.34 bits per heavy atom. The number of nitrogens with zero attached hydrogens (tertiary/aromatic N) is 1. The minimum Gasteiger partial charge on any atom is -0.497 e. The molecule has 0 aliphatic heterocycles. The van der Waals surface area contributed by atoms with Gasteiger partial charge in [0.05, 0.1) is 7.11 Å². The number of amides is 2. The monoisotopic (exact) mass is 390 g/mol. The number of hydrogen-bond acceptors (Lipinski definition) is 5. The SMILES string of the molecule is COc1ccc(CNc2ccnc(C(=O)Nc3cccc(NC(C)=O)c3)c2)cc1. The second-order valence-corrected chi connectivity index (χ2v) is 6.35. The molecule has 0 saturated carbocycles. The van der Waals surface area contributed by atoms with Gasteiger partial charge in [-0.25, -0.2) is 0 Å². The van der Waals surface area contributed by atoms with Gasteiger partial charge < -0.3 is 20.7 Å². The van der Waals surface area contributed by atoms with E-state index in [-0.39, 0.29) is 17.5 Å². The fraction of sp³-hybridized carbons (Fsp3) is 0.136. The zero-order valence-electron chi connectivity index (χ0n) is 16.2. The normalized spacial score (nSPS) is 10.1. The summed E-state index contributed by atoms with van der Waals surface area (Å²) in [7, 11) is 1.63. The molecule has 3 rings (SSSR count). The molecular weight excluding hydrogens is 368 g/mol. The van der Waals surface area contributed by atoms with Gasteiger partial charge in [0.15, 0.2) is 0 Å².